The summed E-state index contributed by atoms with van der Waals surface area (Å²) in [7, 11) is 0. The number of allylic oxidation sites excluding steroid dienone is 1. The molecular weight excluding hydrogens is 432 g/mol. The van der Waals surface area contributed by atoms with Gasteiger partial charge >= 0.3 is 5.97 Å². The zero-order chi connectivity index (χ0) is 22.7. The second-order valence-corrected chi connectivity index (χ2v) is 9.26. The Balaban J connectivity index is 1.56. The van der Waals surface area contributed by atoms with Crippen LogP contribution in [0.3, 0.4) is 0 Å². The summed E-state index contributed by atoms with van der Waals surface area (Å²) in [6, 6.07) is 0. The molecule has 10 heteroatoms. The van der Waals surface area contributed by atoms with Gasteiger partial charge in [0.1, 0.15) is 30.5 Å². The van der Waals surface area contributed by atoms with E-state index in [1.807, 2.05) is 0 Å². The molecule has 174 valence electrons. The van der Waals surface area contributed by atoms with Gasteiger partial charge in [0.25, 0.3) is 0 Å². The van der Waals surface area contributed by atoms with E-state index < -0.39 is 67.0 Å². The lowest BCUT2D eigenvalue weighted by molar-refractivity contribution is -0.308. The third-order valence-corrected chi connectivity index (χ3v) is 7.76. The first kappa shape index (κ1) is 23.1. The van der Waals surface area contributed by atoms with Crippen LogP contribution in [0.15, 0.2) is 24.3 Å². The molecule has 0 spiro atoms. The van der Waals surface area contributed by atoms with Gasteiger partial charge < -0.3 is 39.7 Å². The minimum absolute atomic E-state index is 0.122. The molecular formula is C21H29ClO9. The summed E-state index contributed by atoms with van der Waals surface area (Å²) in [4.78, 5) is 12.4. The van der Waals surface area contributed by atoms with Crippen LogP contribution in [0.1, 0.15) is 19.3 Å². The predicted octanol–water partition coefficient (Wildman–Crippen LogP) is -0.775. The normalized spacial score (nSPS) is 50.1. The molecule has 0 bridgehead atoms. The number of carbonyl (C=O) groups is 1. The Morgan fingerprint density at radius 1 is 1.19 bits per heavy atom. The molecule has 11 unspecified atom stereocenters. The number of halogens is 1. The summed E-state index contributed by atoms with van der Waals surface area (Å²) in [5, 5.41) is 50.5. The van der Waals surface area contributed by atoms with Crippen molar-refractivity contribution in [1.29, 1.82) is 0 Å². The van der Waals surface area contributed by atoms with E-state index >= 15 is 0 Å². The summed E-state index contributed by atoms with van der Waals surface area (Å²) in [6.45, 7) is 7.76. The highest BCUT2D eigenvalue weighted by atomic mass is 35.5. The van der Waals surface area contributed by atoms with Crippen LogP contribution in [0.5, 0.6) is 0 Å². The molecule has 0 amide bonds. The standard InChI is InChI=1S/C21H29ClO9/c1-8-3-4-11-18(31-20(27)21(11,28)7-22)14-9(2)12(5-10(8)14)29-19-17(26)16(25)15(24)13(6-23)30-19/h10-19,23-26,28H,1-7H2. The highest BCUT2D eigenvalue weighted by Crippen LogP contribution is 2.54. The average molecular weight is 461 g/mol. The van der Waals surface area contributed by atoms with Crippen LogP contribution >= 0.6 is 11.6 Å². The molecule has 9 nitrogen and oxygen atoms in total. The first-order chi connectivity index (χ1) is 14.6. The molecule has 2 heterocycles. The second kappa shape index (κ2) is 8.39. The van der Waals surface area contributed by atoms with Gasteiger partial charge in [0.15, 0.2) is 11.9 Å². The van der Waals surface area contributed by atoms with E-state index in [1.54, 1.807) is 0 Å². The quantitative estimate of drug-likeness (QED) is 0.207. The van der Waals surface area contributed by atoms with Gasteiger partial charge in [-0.15, -0.1) is 11.6 Å². The maximum absolute atomic E-state index is 12.4. The molecule has 0 aromatic carbocycles. The van der Waals surface area contributed by atoms with Crippen LogP contribution in [0, 0.1) is 17.8 Å². The number of esters is 1. The predicted molar refractivity (Wildman–Crippen MR) is 107 cm³/mol. The van der Waals surface area contributed by atoms with E-state index in [0.717, 1.165) is 5.57 Å². The van der Waals surface area contributed by atoms with Crippen LogP contribution in [-0.2, 0) is 19.0 Å². The van der Waals surface area contributed by atoms with Crippen LogP contribution in [0.25, 0.3) is 0 Å². The lowest BCUT2D eigenvalue weighted by Crippen LogP contribution is -2.59. The summed E-state index contributed by atoms with van der Waals surface area (Å²) in [6.07, 6.45) is -6.65. The molecule has 2 saturated heterocycles. The maximum atomic E-state index is 12.4. The van der Waals surface area contributed by atoms with Gasteiger partial charge in [0.2, 0.25) is 0 Å². The van der Waals surface area contributed by atoms with Crippen LogP contribution < -0.4 is 0 Å². The zero-order valence-electron chi connectivity index (χ0n) is 17.0. The fraction of sp³-hybridized carbons (Fsp3) is 0.762. The van der Waals surface area contributed by atoms with E-state index in [-0.39, 0.29) is 17.7 Å². The molecule has 2 saturated carbocycles. The number of rotatable bonds is 4. The topological polar surface area (TPSA) is 146 Å². The van der Waals surface area contributed by atoms with Crippen molar-refractivity contribution < 1.29 is 44.5 Å². The highest BCUT2D eigenvalue weighted by molar-refractivity contribution is 6.20. The van der Waals surface area contributed by atoms with Crippen molar-refractivity contribution in [2.45, 2.75) is 67.8 Å². The molecule has 4 fully saturated rings. The molecule has 4 aliphatic rings. The molecule has 4 rings (SSSR count). The Hall–Kier alpha value is -1.04. The van der Waals surface area contributed by atoms with E-state index in [2.05, 4.69) is 13.2 Å². The lowest BCUT2D eigenvalue weighted by Gasteiger charge is -2.40. The Morgan fingerprint density at radius 3 is 2.55 bits per heavy atom. The van der Waals surface area contributed by atoms with E-state index in [9.17, 15) is 30.3 Å². The first-order valence-corrected chi connectivity index (χ1v) is 11.0. The van der Waals surface area contributed by atoms with Crippen molar-refractivity contribution >= 4 is 17.6 Å². The van der Waals surface area contributed by atoms with Crippen molar-refractivity contribution in [1.82, 2.24) is 0 Å². The first-order valence-electron chi connectivity index (χ1n) is 10.5. The fourth-order valence-electron chi connectivity index (χ4n) is 5.48. The van der Waals surface area contributed by atoms with Crippen LogP contribution in [0.4, 0.5) is 0 Å². The van der Waals surface area contributed by atoms with Gasteiger partial charge in [-0.3, -0.25) is 0 Å². The minimum atomic E-state index is -1.77. The zero-order valence-corrected chi connectivity index (χ0v) is 17.7. The molecule has 2 aliphatic heterocycles. The molecule has 31 heavy (non-hydrogen) atoms. The number of ether oxygens (including phenoxy) is 3. The Bertz CT molecular complexity index is 757. The summed E-state index contributed by atoms with van der Waals surface area (Å²) >= 11 is 5.93. The van der Waals surface area contributed by atoms with Crippen LogP contribution in [-0.4, -0.2) is 92.5 Å². The van der Waals surface area contributed by atoms with Gasteiger partial charge in [-0.1, -0.05) is 18.7 Å². The summed E-state index contributed by atoms with van der Waals surface area (Å²) < 4.78 is 17.0. The van der Waals surface area contributed by atoms with E-state index in [4.69, 9.17) is 25.8 Å². The monoisotopic (exact) mass is 460 g/mol. The third-order valence-electron chi connectivity index (χ3n) is 7.36. The third kappa shape index (κ3) is 3.55. The number of aliphatic hydroxyl groups is 5. The lowest BCUT2D eigenvalue weighted by atomic mass is 9.78. The minimum Gasteiger partial charge on any atom is -0.459 e. The van der Waals surface area contributed by atoms with Gasteiger partial charge in [0.05, 0.1) is 18.6 Å². The summed E-state index contributed by atoms with van der Waals surface area (Å²) in [5.74, 6) is -1.99. The smallest absolute Gasteiger partial charge is 0.340 e. The Morgan fingerprint density at radius 2 is 1.90 bits per heavy atom. The van der Waals surface area contributed by atoms with Gasteiger partial charge in [-0.25, -0.2) is 4.79 Å². The van der Waals surface area contributed by atoms with Crippen molar-refractivity contribution in [3.8, 4) is 0 Å². The van der Waals surface area contributed by atoms with Crippen molar-refractivity contribution in [3.63, 3.8) is 0 Å². The number of aliphatic hydroxyl groups excluding tert-OH is 4. The fourth-order valence-corrected chi connectivity index (χ4v) is 5.79. The molecule has 0 radical (unpaired) electrons. The van der Waals surface area contributed by atoms with E-state index in [1.165, 1.54) is 0 Å². The summed E-state index contributed by atoms with van der Waals surface area (Å²) in [5.41, 5.74) is -0.238. The van der Waals surface area contributed by atoms with Crippen molar-refractivity contribution in [2.75, 3.05) is 12.5 Å². The molecule has 0 aromatic rings. The SMILES string of the molecule is C=C1CCC2C(OC(=O)C2(O)CCl)C2C(=C)C(OC3OC(CO)C(O)C(O)C3O)CC12. The number of alkyl halides is 1. The maximum Gasteiger partial charge on any atom is 0.340 e. The second-order valence-electron chi connectivity index (χ2n) is 9.00. The van der Waals surface area contributed by atoms with Gasteiger partial charge in [0, 0.05) is 11.8 Å². The Labute approximate surface area is 184 Å². The number of carbonyl (C=O) groups excluding carboxylic acids is 1. The molecule has 11 atom stereocenters. The van der Waals surface area contributed by atoms with Crippen molar-refractivity contribution in [3.05, 3.63) is 24.3 Å². The van der Waals surface area contributed by atoms with E-state index in [0.29, 0.717) is 24.8 Å². The van der Waals surface area contributed by atoms with Gasteiger partial charge in [-0.2, -0.15) is 0 Å². The number of fused-ring (bicyclic) bond motifs is 3. The molecule has 5 N–H and O–H groups in total. The largest absolute Gasteiger partial charge is 0.459 e. The average Bonchev–Trinajstić information content (AvgIpc) is 3.15. The number of hydrogen-bond acceptors (Lipinski definition) is 9. The van der Waals surface area contributed by atoms with Crippen molar-refractivity contribution in [2.24, 2.45) is 17.8 Å². The highest BCUT2D eigenvalue weighted by Gasteiger charge is 2.62. The van der Waals surface area contributed by atoms with Gasteiger partial charge in [-0.05, 0) is 30.8 Å². The molecule has 2 aliphatic carbocycles. The number of hydrogen-bond donors (Lipinski definition) is 5. The Kier molecular flexibility index (Phi) is 6.26. The van der Waals surface area contributed by atoms with Crippen LogP contribution in [0.2, 0.25) is 0 Å². The molecule has 0 aromatic heterocycles.